The molecule has 1 rings (SSSR count). The summed E-state index contributed by atoms with van der Waals surface area (Å²) >= 11 is 0. The second kappa shape index (κ2) is 11.0. The summed E-state index contributed by atoms with van der Waals surface area (Å²) in [5.74, 6) is -1.58. The average Bonchev–Trinajstić information content (AvgIpc) is 2.62. The molecule has 0 heterocycles. The zero-order valence-corrected chi connectivity index (χ0v) is 17.4. The van der Waals surface area contributed by atoms with E-state index in [4.69, 9.17) is 24.7 Å². The van der Waals surface area contributed by atoms with Gasteiger partial charge in [0.15, 0.2) is 6.10 Å². The third kappa shape index (κ3) is 9.02. The van der Waals surface area contributed by atoms with E-state index >= 15 is 0 Å². The van der Waals surface area contributed by atoms with Crippen molar-refractivity contribution in [2.75, 3.05) is 13.2 Å². The van der Waals surface area contributed by atoms with Crippen molar-refractivity contribution in [2.24, 2.45) is 0 Å². The average molecular weight is 498 g/mol. The minimum atomic E-state index is -5.26. The van der Waals surface area contributed by atoms with Gasteiger partial charge in [-0.15, -0.1) is 0 Å². The molecule has 0 saturated heterocycles. The molecular weight excluding hydrogens is 474 g/mol. The smallest absolute Gasteiger partial charge is 0.472 e. The first-order valence-corrected chi connectivity index (χ1v) is 11.2. The number of ether oxygens (including phenoxy) is 2. The molecular formula is C13H24O16P2. The lowest BCUT2D eigenvalue weighted by Gasteiger charge is -2.43. The topological polar surface area (TPSA) is 262 Å². The highest BCUT2D eigenvalue weighted by Crippen LogP contribution is 2.48. The van der Waals surface area contributed by atoms with E-state index in [-0.39, 0.29) is 0 Å². The minimum absolute atomic E-state index is 0.539. The third-order valence-electron chi connectivity index (χ3n) is 3.72. The molecule has 1 aliphatic rings. The van der Waals surface area contributed by atoms with Crippen molar-refractivity contribution >= 4 is 15.6 Å². The number of aliphatic hydroxyl groups excluding tert-OH is 6. The Morgan fingerprint density at radius 3 is 1.65 bits per heavy atom. The van der Waals surface area contributed by atoms with Crippen LogP contribution in [-0.4, -0.2) is 101 Å². The maximum absolute atomic E-state index is 12.1. The molecule has 0 aromatic rings. The van der Waals surface area contributed by atoms with Gasteiger partial charge >= 0.3 is 15.6 Å². The summed E-state index contributed by atoms with van der Waals surface area (Å²) in [6, 6.07) is 0. The van der Waals surface area contributed by atoms with Gasteiger partial charge in [-0.25, -0.2) is 9.13 Å². The Bertz CT molecular complexity index is 706. The van der Waals surface area contributed by atoms with Crippen molar-refractivity contribution < 1.29 is 77.5 Å². The normalized spacial score (nSPS) is 32.0. The van der Waals surface area contributed by atoms with Crippen LogP contribution in [-0.2, 0) is 32.2 Å². The van der Waals surface area contributed by atoms with Gasteiger partial charge in [0.1, 0.15) is 43.2 Å². The molecule has 8 atom stereocenters. The van der Waals surface area contributed by atoms with E-state index in [1.54, 1.807) is 0 Å². The second-order valence-corrected chi connectivity index (χ2v) is 8.79. The second-order valence-electron chi connectivity index (χ2n) is 6.20. The predicted octanol–water partition coefficient (Wildman–Crippen LogP) is -2.12. The lowest BCUT2D eigenvalue weighted by molar-refractivity contribution is -0.216. The zero-order valence-electron chi connectivity index (χ0n) is 15.6. The van der Waals surface area contributed by atoms with Crippen molar-refractivity contribution in [1.82, 2.24) is 0 Å². The molecule has 0 bridgehead atoms. The van der Waals surface area contributed by atoms with E-state index in [0.29, 0.717) is 0 Å². The predicted molar refractivity (Wildman–Crippen MR) is 96.0 cm³/mol. The summed E-state index contributed by atoms with van der Waals surface area (Å²) < 4.78 is 45.7. The molecule has 1 saturated carbocycles. The summed E-state index contributed by atoms with van der Waals surface area (Å²) in [6.45, 7) is 4.65. The molecule has 3 unspecified atom stereocenters. The molecule has 0 aromatic carbocycles. The molecule has 9 N–H and O–H groups in total. The Kier molecular flexibility index (Phi) is 9.90. The zero-order chi connectivity index (χ0) is 24.1. The Hall–Kier alpha value is -1.26. The highest BCUT2D eigenvalue weighted by molar-refractivity contribution is 7.47. The van der Waals surface area contributed by atoms with Gasteiger partial charge in [-0.1, -0.05) is 0 Å². The van der Waals surface area contributed by atoms with Crippen LogP contribution >= 0.6 is 15.6 Å². The molecule has 0 radical (unpaired) electrons. The molecule has 1 aliphatic carbocycles. The largest absolute Gasteiger partial charge is 0.481 e. The van der Waals surface area contributed by atoms with Crippen molar-refractivity contribution in [2.45, 2.75) is 42.7 Å². The number of rotatable bonds is 12. The molecule has 16 nitrogen and oxygen atoms in total. The summed E-state index contributed by atoms with van der Waals surface area (Å²) in [6.07, 6.45) is -14.7. The first kappa shape index (κ1) is 27.8. The van der Waals surface area contributed by atoms with Gasteiger partial charge in [0.2, 0.25) is 0 Å². The third-order valence-corrected chi connectivity index (χ3v) is 5.23. The SMILES string of the molecule is C=C(O)OC[C@H](COP(=O)(O)OC1[C@H](O)[C@H](O)C(OP(=O)(O)O)[C@H](O)[C@H]1O)OC(=C)O. The van der Waals surface area contributed by atoms with Gasteiger partial charge in [-0.05, 0) is 13.2 Å². The van der Waals surface area contributed by atoms with Crippen LogP contribution in [0, 0.1) is 0 Å². The van der Waals surface area contributed by atoms with Crippen LogP contribution < -0.4 is 0 Å². The molecule has 182 valence electrons. The van der Waals surface area contributed by atoms with Crippen LogP contribution in [0.4, 0.5) is 0 Å². The molecule has 18 heteroatoms. The molecule has 31 heavy (non-hydrogen) atoms. The van der Waals surface area contributed by atoms with Gasteiger partial charge in [0.05, 0.1) is 6.61 Å². The molecule has 0 spiro atoms. The summed E-state index contributed by atoms with van der Waals surface area (Å²) in [4.78, 5) is 27.4. The number of hydrogen-bond acceptors (Lipinski definition) is 13. The molecule has 0 aromatic heterocycles. The van der Waals surface area contributed by atoms with Gasteiger partial charge in [-0.2, -0.15) is 0 Å². The van der Waals surface area contributed by atoms with E-state index in [1.165, 1.54) is 0 Å². The van der Waals surface area contributed by atoms with Crippen LogP contribution in [0.1, 0.15) is 0 Å². The Morgan fingerprint density at radius 1 is 0.806 bits per heavy atom. The monoisotopic (exact) mass is 498 g/mol. The van der Waals surface area contributed by atoms with Crippen LogP contribution in [0.15, 0.2) is 25.0 Å². The van der Waals surface area contributed by atoms with Crippen molar-refractivity contribution in [1.29, 1.82) is 0 Å². The van der Waals surface area contributed by atoms with E-state index in [0.717, 1.165) is 0 Å². The molecule has 1 fully saturated rings. The molecule has 0 amide bonds. The number of hydrogen-bond donors (Lipinski definition) is 9. The highest BCUT2D eigenvalue weighted by atomic mass is 31.2. The van der Waals surface area contributed by atoms with Gasteiger partial charge < -0.3 is 54.8 Å². The minimum Gasteiger partial charge on any atom is -0.481 e. The maximum atomic E-state index is 12.1. The summed E-state index contributed by atoms with van der Waals surface area (Å²) in [7, 11) is -10.4. The summed E-state index contributed by atoms with van der Waals surface area (Å²) in [5, 5.41) is 57.8. The Balaban J connectivity index is 2.84. The van der Waals surface area contributed by atoms with E-state index in [2.05, 4.69) is 31.5 Å². The fourth-order valence-electron chi connectivity index (χ4n) is 2.45. The van der Waals surface area contributed by atoms with Crippen molar-refractivity contribution in [3.8, 4) is 0 Å². The number of phosphoric ester groups is 2. The quantitative estimate of drug-likeness (QED) is 0.103. The number of aliphatic hydroxyl groups is 6. The fraction of sp³-hybridized carbons (Fsp3) is 0.692. The van der Waals surface area contributed by atoms with Gasteiger partial charge in [0.25, 0.3) is 11.9 Å². The van der Waals surface area contributed by atoms with Gasteiger partial charge in [-0.3, -0.25) is 13.6 Å². The fourth-order valence-corrected chi connectivity index (χ4v) is 3.99. The van der Waals surface area contributed by atoms with E-state index in [9.17, 15) is 34.4 Å². The summed E-state index contributed by atoms with van der Waals surface area (Å²) in [5.41, 5.74) is 0. The van der Waals surface area contributed by atoms with Crippen LogP contribution in [0.25, 0.3) is 0 Å². The van der Waals surface area contributed by atoms with Crippen LogP contribution in [0.3, 0.4) is 0 Å². The van der Waals surface area contributed by atoms with Crippen LogP contribution in [0.5, 0.6) is 0 Å². The molecule has 0 aliphatic heterocycles. The first-order chi connectivity index (χ1) is 14.0. The van der Waals surface area contributed by atoms with E-state index in [1.807, 2.05) is 0 Å². The Labute approximate surface area is 175 Å². The van der Waals surface area contributed by atoms with Gasteiger partial charge in [0, 0.05) is 0 Å². The maximum Gasteiger partial charge on any atom is 0.472 e. The lowest BCUT2D eigenvalue weighted by atomic mass is 9.85. The standard InChI is InChI=1S/C13H24O16P2/c1-5(14)25-3-7(27-6(2)15)4-26-31(23,24)29-13-10(18)8(16)12(9(17)11(13)19)28-30(20,21)22/h7-19H,1-4H2,(H,23,24)(H2,20,21,22)/t7-,8-,9+,10-,11-,12?,13?/m1/s1. The van der Waals surface area contributed by atoms with Crippen LogP contribution in [0.2, 0.25) is 0 Å². The van der Waals surface area contributed by atoms with Crippen molar-refractivity contribution in [3.63, 3.8) is 0 Å². The Morgan fingerprint density at radius 2 is 1.26 bits per heavy atom. The van der Waals surface area contributed by atoms with E-state index < -0.39 is 83.5 Å². The van der Waals surface area contributed by atoms with Crippen molar-refractivity contribution in [3.05, 3.63) is 25.0 Å². The highest BCUT2D eigenvalue weighted by Gasteiger charge is 2.54. The first-order valence-electron chi connectivity index (χ1n) is 8.21. The lowest BCUT2D eigenvalue weighted by Crippen LogP contribution is -2.64. The number of phosphoric acid groups is 2.